The fourth-order valence-electron chi connectivity index (χ4n) is 4.76. The van der Waals surface area contributed by atoms with Gasteiger partial charge in [-0.3, -0.25) is 14.1 Å². The first-order valence-electron chi connectivity index (χ1n) is 11.5. The van der Waals surface area contributed by atoms with E-state index in [1.54, 1.807) is 13.8 Å². The number of carboxylic acid groups (broad SMARTS) is 2. The van der Waals surface area contributed by atoms with Gasteiger partial charge in [-0.25, -0.2) is 0 Å². The van der Waals surface area contributed by atoms with Crippen LogP contribution in [0.4, 0.5) is 0 Å². The van der Waals surface area contributed by atoms with E-state index in [-0.39, 0.29) is 42.4 Å². The molecule has 0 aromatic rings. The Morgan fingerprint density at radius 3 is 1.61 bits per heavy atom. The van der Waals surface area contributed by atoms with Crippen LogP contribution in [0.3, 0.4) is 0 Å². The van der Waals surface area contributed by atoms with E-state index >= 15 is 0 Å². The van der Waals surface area contributed by atoms with Crippen LogP contribution in [0.1, 0.15) is 105 Å². The molecule has 0 aromatic heterocycles. The zero-order valence-corrected chi connectivity index (χ0v) is 19.9. The summed E-state index contributed by atoms with van der Waals surface area (Å²) in [5.41, 5.74) is 0. The molecule has 180 valence electrons. The Labute approximate surface area is 210 Å². The third-order valence-electron chi connectivity index (χ3n) is 6.42. The number of rotatable bonds is 18. The summed E-state index contributed by atoms with van der Waals surface area (Å²) < 4.78 is 32.7. The van der Waals surface area contributed by atoms with Crippen LogP contribution < -0.4 is 0 Å². The van der Waals surface area contributed by atoms with Gasteiger partial charge in [0, 0.05) is 0 Å². The number of hydrogen-bond donors (Lipinski definition) is 3. The van der Waals surface area contributed by atoms with Crippen LogP contribution in [-0.4, -0.2) is 69.4 Å². The van der Waals surface area contributed by atoms with Crippen molar-refractivity contribution >= 4 is 51.6 Å². The summed E-state index contributed by atoms with van der Waals surface area (Å²) >= 11 is 0. The summed E-state index contributed by atoms with van der Waals surface area (Å²) in [6, 6.07) is 0. The van der Waals surface area contributed by atoms with Gasteiger partial charge >= 0.3 is 41.5 Å². The van der Waals surface area contributed by atoms with Crippen molar-refractivity contribution in [3.05, 3.63) is 0 Å². The maximum absolute atomic E-state index is 12.6. The van der Waals surface area contributed by atoms with Gasteiger partial charge in [0.15, 0.2) is 0 Å². The fourth-order valence-corrected chi connectivity index (χ4v) is 6.30. The van der Waals surface area contributed by atoms with Crippen molar-refractivity contribution in [3.63, 3.8) is 0 Å². The molecule has 7 nitrogen and oxygen atoms in total. The zero-order chi connectivity index (χ0) is 23.4. The molecule has 9 heteroatoms. The predicted octanol–water partition coefficient (Wildman–Crippen LogP) is 4.74. The van der Waals surface area contributed by atoms with Crippen LogP contribution >= 0.6 is 0 Å². The van der Waals surface area contributed by atoms with Crippen LogP contribution in [0.15, 0.2) is 0 Å². The SMILES string of the molecule is CCCCCCC(CC)C(C(=O)O)C(C(=O)O)(C(CC)CCCCCC)S(=O)(=O)O.[NaH]. The van der Waals surface area contributed by atoms with Crippen molar-refractivity contribution in [3.8, 4) is 0 Å². The third kappa shape index (κ3) is 8.95. The molecule has 0 saturated heterocycles. The molecule has 0 radical (unpaired) electrons. The van der Waals surface area contributed by atoms with Gasteiger partial charge in [0.1, 0.15) is 0 Å². The Bertz CT molecular complexity index is 623. The molecular weight excluding hydrogens is 431 g/mol. The minimum absolute atomic E-state index is 0. The third-order valence-corrected chi connectivity index (χ3v) is 8.03. The van der Waals surface area contributed by atoms with Crippen molar-refractivity contribution < 1.29 is 32.8 Å². The molecule has 0 amide bonds. The van der Waals surface area contributed by atoms with Gasteiger partial charge in [0.05, 0.1) is 5.92 Å². The predicted molar refractivity (Wildman–Crippen MR) is 125 cm³/mol. The van der Waals surface area contributed by atoms with E-state index in [2.05, 4.69) is 6.92 Å². The molecule has 0 aromatic carbocycles. The number of carbonyl (C=O) groups is 2. The molecule has 0 rings (SSSR count). The first kappa shape index (κ1) is 33.0. The van der Waals surface area contributed by atoms with E-state index < -0.39 is 44.6 Å². The van der Waals surface area contributed by atoms with Gasteiger partial charge in [-0.1, -0.05) is 91.9 Å². The van der Waals surface area contributed by atoms with Crippen molar-refractivity contribution in [2.45, 2.75) is 109 Å². The monoisotopic (exact) mass is 474 g/mol. The van der Waals surface area contributed by atoms with Crippen LogP contribution in [0.25, 0.3) is 0 Å². The Hall–Kier alpha value is -0.150. The second kappa shape index (κ2) is 16.5. The second-order valence-electron chi connectivity index (χ2n) is 8.36. The Kier molecular flexibility index (Phi) is 17.5. The van der Waals surface area contributed by atoms with E-state index in [1.165, 1.54) is 0 Å². The van der Waals surface area contributed by atoms with Gasteiger partial charge in [-0.15, -0.1) is 0 Å². The molecule has 0 bridgehead atoms. The van der Waals surface area contributed by atoms with Crippen molar-refractivity contribution in [1.29, 1.82) is 0 Å². The average molecular weight is 475 g/mol. The number of carboxylic acids is 2. The molecule has 0 aliphatic heterocycles. The van der Waals surface area contributed by atoms with Crippen LogP contribution in [0, 0.1) is 17.8 Å². The quantitative estimate of drug-likeness (QED) is 0.149. The van der Waals surface area contributed by atoms with E-state index in [0.717, 1.165) is 38.5 Å². The number of aliphatic carboxylic acids is 2. The van der Waals surface area contributed by atoms with Crippen LogP contribution in [0.5, 0.6) is 0 Å². The first-order chi connectivity index (χ1) is 14.1. The van der Waals surface area contributed by atoms with E-state index in [1.807, 2.05) is 6.92 Å². The summed E-state index contributed by atoms with van der Waals surface area (Å²) in [6.45, 7) is 7.49. The molecule has 0 saturated carbocycles. The second-order valence-corrected chi connectivity index (χ2v) is 9.99. The van der Waals surface area contributed by atoms with E-state index in [9.17, 15) is 32.8 Å². The van der Waals surface area contributed by atoms with Gasteiger partial charge < -0.3 is 10.2 Å². The van der Waals surface area contributed by atoms with Crippen molar-refractivity contribution in [2.24, 2.45) is 17.8 Å². The Morgan fingerprint density at radius 2 is 1.29 bits per heavy atom. The molecule has 0 heterocycles. The minimum atomic E-state index is -5.19. The van der Waals surface area contributed by atoms with Crippen LogP contribution in [0.2, 0.25) is 0 Å². The van der Waals surface area contributed by atoms with E-state index in [4.69, 9.17) is 0 Å². The molecular formula is C22H43NaO7S. The van der Waals surface area contributed by atoms with Gasteiger partial charge in [-0.2, -0.15) is 8.42 Å². The van der Waals surface area contributed by atoms with Crippen molar-refractivity contribution in [2.75, 3.05) is 0 Å². The first-order valence-corrected chi connectivity index (χ1v) is 12.9. The molecule has 3 N–H and O–H groups in total. The summed E-state index contributed by atoms with van der Waals surface area (Å²) in [7, 11) is -5.19. The van der Waals surface area contributed by atoms with Crippen LogP contribution in [-0.2, 0) is 19.7 Å². The van der Waals surface area contributed by atoms with Gasteiger partial charge in [0.2, 0.25) is 4.75 Å². The Balaban J connectivity index is 0. The molecule has 0 fully saturated rings. The molecule has 0 spiro atoms. The molecule has 4 atom stereocenters. The van der Waals surface area contributed by atoms with Gasteiger partial charge in [-0.05, 0) is 24.7 Å². The zero-order valence-electron chi connectivity index (χ0n) is 19.1. The molecule has 0 aliphatic rings. The average Bonchev–Trinajstić information content (AvgIpc) is 2.66. The van der Waals surface area contributed by atoms with E-state index in [0.29, 0.717) is 25.7 Å². The normalized spacial score (nSPS) is 16.5. The Morgan fingerprint density at radius 1 is 0.806 bits per heavy atom. The topological polar surface area (TPSA) is 129 Å². The molecule has 31 heavy (non-hydrogen) atoms. The fraction of sp³-hybridized carbons (Fsp3) is 0.909. The number of unbranched alkanes of at least 4 members (excludes halogenated alkanes) is 6. The summed E-state index contributed by atoms with van der Waals surface area (Å²) in [5.74, 6) is -6.56. The van der Waals surface area contributed by atoms with Crippen molar-refractivity contribution in [1.82, 2.24) is 0 Å². The summed E-state index contributed by atoms with van der Waals surface area (Å²) in [4.78, 5) is 24.8. The summed E-state index contributed by atoms with van der Waals surface area (Å²) in [5, 5.41) is 20.2. The molecule has 4 unspecified atom stereocenters. The summed E-state index contributed by atoms with van der Waals surface area (Å²) in [6.07, 6.45) is 8.01. The standard InChI is InChI=1S/C22H42O7S.Na.H/c1-5-9-11-13-15-17(7-3)19(20(23)24)22(21(25)26,30(27,28)29)18(8-4)16-14-12-10-6-2;;/h17-19H,5-16H2,1-4H3,(H,23,24)(H,25,26)(H,27,28,29);;. The maximum atomic E-state index is 12.6. The molecule has 0 aliphatic carbocycles. The number of hydrogen-bond acceptors (Lipinski definition) is 4. The van der Waals surface area contributed by atoms with Gasteiger partial charge in [0.25, 0.3) is 10.1 Å².